The molecule has 0 radical (unpaired) electrons. The largest absolute Gasteiger partial charge is 0.352 e. The Kier molecular flexibility index (Phi) is 4.33. The molecule has 1 N–H and O–H groups in total. The van der Waals surface area contributed by atoms with Crippen molar-refractivity contribution in [1.82, 2.24) is 24.4 Å². The highest BCUT2D eigenvalue weighted by Gasteiger charge is 2.24. The topological polar surface area (TPSA) is 64.7 Å². The zero-order chi connectivity index (χ0) is 17.1. The Morgan fingerprint density at radius 1 is 1.16 bits per heavy atom. The molecule has 2 aromatic heterocycles. The van der Waals surface area contributed by atoms with Gasteiger partial charge in [0.25, 0.3) is 0 Å². The van der Waals surface area contributed by atoms with Gasteiger partial charge < -0.3 is 14.5 Å². The van der Waals surface area contributed by atoms with E-state index in [1.165, 1.54) is 5.56 Å². The maximum Gasteiger partial charge on any atom is 0.223 e. The van der Waals surface area contributed by atoms with Crippen LogP contribution in [0.4, 0.5) is 0 Å². The predicted molar refractivity (Wildman–Crippen MR) is 93.7 cm³/mol. The van der Waals surface area contributed by atoms with Crippen LogP contribution in [-0.2, 0) is 30.8 Å². The molecule has 1 amide bonds. The zero-order valence-electron chi connectivity index (χ0n) is 14.0. The number of nitrogens with zero attached hydrogens (tertiary/aromatic N) is 4. The summed E-state index contributed by atoms with van der Waals surface area (Å²) in [5, 5.41) is 3.07. The summed E-state index contributed by atoms with van der Waals surface area (Å²) in [5.74, 6) is 0.180. The third-order valence-corrected chi connectivity index (χ3v) is 4.76. The molecule has 1 aliphatic rings. The number of rotatable bonds is 5. The number of carbonyl (C=O) groups is 1. The molecule has 1 atom stereocenters. The second-order valence-corrected chi connectivity index (χ2v) is 6.54. The number of aryl methyl sites for hydroxylation is 1. The molecule has 6 nitrogen and oxygen atoms in total. The fourth-order valence-corrected chi connectivity index (χ4v) is 3.28. The molecule has 0 saturated heterocycles. The van der Waals surface area contributed by atoms with Crippen molar-refractivity contribution >= 4 is 5.91 Å². The maximum atomic E-state index is 12.4. The molecular formula is C19H21N5O. The molecule has 0 saturated carbocycles. The third-order valence-electron chi connectivity index (χ3n) is 4.76. The molecule has 25 heavy (non-hydrogen) atoms. The zero-order valence-corrected chi connectivity index (χ0v) is 14.0. The highest BCUT2D eigenvalue weighted by atomic mass is 16.1. The second kappa shape index (κ2) is 6.93. The minimum Gasteiger partial charge on any atom is -0.352 e. The fourth-order valence-electron chi connectivity index (χ4n) is 3.28. The van der Waals surface area contributed by atoms with Crippen molar-refractivity contribution in [3.05, 3.63) is 72.3 Å². The molecule has 1 aliphatic heterocycles. The van der Waals surface area contributed by atoms with Crippen LogP contribution in [0.2, 0.25) is 0 Å². The Labute approximate surface area is 146 Å². The van der Waals surface area contributed by atoms with E-state index in [0.717, 1.165) is 37.2 Å². The van der Waals surface area contributed by atoms with Crippen molar-refractivity contribution in [2.45, 2.75) is 32.5 Å². The summed E-state index contributed by atoms with van der Waals surface area (Å²) in [6.45, 7) is 2.25. The summed E-state index contributed by atoms with van der Waals surface area (Å²) < 4.78 is 4.16. The van der Waals surface area contributed by atoms with Crippen molar-refractivity contribution in [2.24, 2.45) is 5.92 Å². The molecular weight excluding hydrogens is 314 g/mol. The van der Waals surface area contributed by atoms with Crippen LogP contribution in [0.25, 0.3) is 0 Å². The molecule has 3 aromatic rings. The number of aromatic nitrogens is 4. The first-order chi connectivity index (χ1) is 12.3. The number of hydrogen-bond acceptors (Lipinski definition) is 3. The quantitative estimate of drug-likeness (QED) is 0.776. The molecule has 0 fully saturated rings. The molecule has 1 aromatic carbocycles. The lowest BCUT2D eigenvalue weighted by molar-refractivity contribution is -0.125. The van der Waals surface area contributed by atoms with Gasteiger partial charge in [-0.1, -0.05) is 24.3 Å². The van der Waals surface area contributed by atoms with Crippen LogP contribution in [-0.4, -0.2) is 25.0 Å². The lowest BCUT2D eigenvalue weighted by atomic mass is 9.95. The van der Waals surface area contributed by atoms with Crippen molar-refractivity contribution in [3.8, 4) is 0 Å². The number of imidazole rings is 2. The van der Waals surface area contributed by atoms with Gasteiger partial charge >= 0.3 is 0 Å². The molecule has 1 unspecified atom stereocenters. The summed E-state index contributed by atoms with van der Waals surface area (Å²) in [4.78, 5) is 20.6. The third kappa shape index (κ3) is 3.63. The minimum absolute atomic E-state index is 0.0460. The van der Waals surface area contributed by atoms with Gasteiger partial charge in [-0.15, -0.1) is 0 Å². The average Bonchev–Trinajstić information content (AvgIpc) is 3.31. The molecule has 6 heteroatoms. The van der Waals surface area contributed by atoms with Crippen LogP contribution in [0.15, 0.2) is 55.5 Å². The summed E-state index contributed by atoms with van der Waals surface area (Å²) in [7, 11) is 0. The summed E-state index contributed by atoms with van der Waals surface area (Å²) in [6.07, 6.45) is 10.9. The van der Waals surface area contributed by atoms with Crippen molar-refractivity contribution in [3.63, 3.8) is 0 Å². The van der Waals surface area contributed by atoms with E-state index in [9.17, 15) is 4.79 Å². The monoisotopic (exact) mass is 335 g/mol. The van der Waals surface area contributed by atoms with Gasteiger partial charge in [-0.3, -0.25) is 4.79 Å². The van der Waals surface area contributed by atoms with Gasteiger partial charge in [0.2, 0.25) is 5.91 Å². The number of fused-ring (bicyclic) bond motifs is 1. The highest BCUT2D eigenvalue weighted by Crippen LogP contribution is 2.20. The molecule has 4 rings (SSSR count). The molecule has 0 spiro atoms. The molecule has 3 heterocycles. The van der Waals surface area contributed by atoms with Gasteiger partial charge in [0.15, 0.2) is 0 Å². The molecule has 0 bridgehead atoms. The molecule has 0 aliphatic carbocycles. The number of carbonyl (C=O) groups excluding carboxylic acids is 1. The van der Waals surface area contributed by atoms with Crippen LogP contribution in [0, 0.1) is 5.92 Å². The van der Waals surface area contributed by atoms with E-state index < -0.39 is 0 Å². The van der Waals surface area contributed by atoms with Crippen LogP contribution >= 0.6 is 0 Å². The number of benzene rings is 1. The summed E-state index contributed by atoms with van der Waals surface area (Å²) in [5.41, 5.74) is 3.48. The first-order valence-electron chi connectivity index (χ1n) is 8.58. The number of hydrogen-bond donors (Lipinski definition) is 1. The van der Waals surface area contributed by atoms with Crippen molar-refractivity contribution < 1.29 is 4.79 Å². The van der Waals surface area contributed by atoms with E-state index >= 15 is 0 Å². The summed E-state index contributed by atoms with van der Waals surface area (Å²) in [6, 6.07) is 8.34. The number of amides is 1. The normalized spacial score (nSPS) is 16.4. The van der Waals surface area contributed by atoms with E-state index in [2.05, 4.69) is 44.1 Å². The Morgan fingerprint density at radius 3 is 2.80 bits per heavy atom. The van der Waals surface area contributed by atoms with E-state index in [1.807, 2.05) is 29.6 Å². The van der Waals surface area contributed by atoms with Gasteiger partial charge in [0, 0.05) is 56.3 Å². The molecule has 128 valence electrons. The Bertz CT molecular complexity index is 835. The summed E-state index contributed by atoms with van der Waals surface area (Å²) >= 11 is 0. The van der Waals surface area contributed by atoms with Crippen LogP contribution in [0.3, 0.4) is 0 Å². The predicted octanol–water partition coefficient (Wildman–Crippen LogP) is 2.01. The SMILES string of the molecule is O=C(NCc1ccc(Cn2ccnc2)cc1)C1CCn2cncc2C1. The first kappa shape index (κ1) is 15.6. The van der Waals surface area contributed by atoms with E-state index in [-0.39, 0.29) is 11.8 Å². The standard InChI is InChI=1S/C19H21N5O/c25-19(17-5-7-24-14-21-11-18(24)9-17)22-10-15-1-3-16(4-2-15)12-23-8-6-20-13-23/h1-4,6,8,11,13-14,17H,5,7,9-10,12H2,(H,22,25). The Balaban J connectivity index is 1.30. The second-order valence-electron chi connectivity index (χ2n) is 6.54. The van der Waals surface area contributed by atoms with Gasteiger partial charge in [0.05, 0.1) is 12.7 Å². The van der Waals surface area contributed by atoms with Gasteiger partial charge in [-0.25, -0.2) is 9.97 Å². The highest BCUT2D eigenvalue weighted by molar-refractivity contribution is 5.79. The van der Waals surface area contributed by atoms with Crippen LogP contribution in [0.5, 0.6) is 0 Å². The van der Waals surface area contributed by atoms with Gasteiger partial charge in [-0.2, -0.15) is 0 Å². The Hall–Kier alpha value is -2.89. The minimum atomic E-state index is 0.0460. The lowest BCUT2D eigenvalue weighted by Crippen LogP contribution is -2.34. The maximum absolute atomic E-state index is 12.4. The lowest BCUT2D eigenvalue weighted by Gasteiger charge is -2.23. The average molecular weight is 335 g/mol. The smallest absolute Gasteiger partial charge is 0.223 e. The van der Waals surface area contributed by atoms with Crippen LogP contribution < -0.4 is 5.32 Å². The van der Waals surface area contributed by atoms with E-state index in [1.54, 1.807) is 6.20 Å². The van der Waals surface area contributed by atoms with E-state index in [0.29, 0.717) is 6.54 Å². The van der Waals surface area contributed by atoms with Gasteiger partial charge in [-0.05, 0) is 17.5 Å². The Morgan fingerprint density at radius 2 is 2.00 bits per heavy atom. The van der Waals surface area contributed by atoms with Crippen LogP contribution in [0.1, 0.15) is 23.2 Å². The number of nitrogens with one attached hydrogen (secondary N) is 1. The van der Waals surface area contributed by atoms with E-state index in [4.69, 9.17) is 0 Å². The fraction of sp³-hybridized carbons (Fsp3) is 0.316. The first-order valence-corrected chi connectivity index (χ1v) is 8.58. The van der Waals surface area contributed by atoms with Gasteiger partial charge in [0.1, 0.15) is 0 Å². The van der Waals surface area contributed by atoms with Crippen molar-refractivity contribution in [1.29, 1.82) is 0 Å². The van der Waals surface area contributed by atoms with Crippen molar-refractivity contribution in [2.75, 3.05) is 0 Å².